The number of carbonyl (C=O) groups excluding carboxylic acids is 1. The first kappa shape index (κ1) is 14.3. The molecule has 104 valence electrons. The van der Waals surface area contributed by atoms with Gasteiger partial charge in [0.1, 0.15) is 11.6 Å². The topological polar surface area (TPSA) is 49.3 Å². The van der Waals surface area contributed by atoms with Crippen molar-refractivity contribution in [2.75, 3.05) is 0 Å². The molecule has 1 atom stereocenters. The van der Waals surface area contributed by atoms with Gasteiger partial charge in [-0.1, -0.05) is 23.7 Å². The molecule has 5 heteroatoms. The van der Waals surface area contributed by atoms with Gasteiger partial charge in [-0.3, -0.25) is 4.79 Å². The van der Waals surface area contributed by atoms with E-state index >= 15 is 0 Å². The molecule has 2 rings (SSSR count). The van der Waals surface area contributed by atoms with Crippen LogP contribution in [0.1, 0.15) is 28.9 Å². The largest absolute Gasteiger partial charge is 0.507 e. The number of hydrogen-bond donors (Lipinski definition) is 2. The van der Waals surface area contributed by atoms with Gasteiger partial charge in [0.05, 0.1) is 11.6 Å². The molecule has 3 nitrogen and oxygen atoms in total. The van der Waals surface area contributed by atoms with Crippen molar-refractivity contribution < 1.29 is 14.3 Å². The van der Waals surface area contributed by atoms with E-state index in [0.717, 1.165) is 23.8 Å². The number of amides is 1. The predicted molar refractivity (Wildman–Crippen MR) is 75.4 cm³/mol. The summed E-state index contributed by atoms with van der Waals surface area (Å²) in [5.41, 5.74) is 0.723. The third-order valence-corrected chi connectivity index (χ3v) is 3.13. The highest BCUT2D eigenvalue weighted by Crippen LogP contribution is 2.21. The van der Waals surface area contributed by atoms with Gasteiger partial charge in [-0.05, 0) is 42.8 Å². The number of hydrogen-bond acceptors (Lipinski definition) is 2. The third-order valence-electron chi connectivity index (χ3n) is 2.90. The number of aromatic hydroxyl groups is 1. The van der Waals surface area contributed by atoms with E-state index in [0.29, 0.717) is 5.02 Å². The summed E-state index contributed by atoms with van der Waals surface area (Å²) in [7, 11) is 0. The summed E-state index contributed by atoms with van der Waals surface area (Å²) in [6.07, 6.45) is 0. The van der Waals surface area contributed by atoms with Crippen molar-refractivity contribution in [1.29, 1.82) is 0 Å². The Labute approximate surface area is 121 Å². The molecule has 0 radical (unpaired) electrons. The summed E-state index contributed by atoms with van der Waals surface area (Å²) in [5, 5.41) is 12.8. The van der Waals surface area contributed by atoms with Gasteiger partial charge in [-0.15, -0.1) is 0 Å². The quantitative estimate of drug-likeness (QED) is 0.907. The Hall–Kier alpha value is -2.07. The van der Waals surface area contributed by atoms with Crippen LogP contribution in [0.5, 0.6) is 5.75 Å². The zero-order valence-electron chi connectivity index (χ0n) is 10.7. The first-order chi connectivity index (χ1) is 9.47. The molecule has 2 aromatic rings. The zero-order valence-corrected chi connectivity index (χ0v) is 11.5. The Morgan fingerprint density at radius 3 is 2.75 bits per heavy atom. The maximum atomic E-state index is 13.1. The molecule has 0 aliphatic heterocycles. The lowest BCUT2D eigenvalue weighted by atomic mass is 10.1. The smallest absolute Gasteiger partial charge is 0.255 e. The minimum Gasteiger partial charge on any atom is -0.507 e. The molecule has 0 aliphatic rings. The van der Waals surface area contributed by atoms with Gasteiger partial charge < -0.3 is 10.4 Å². The summed E-state index contributed by atoms with van der Waals surface area (Å²) >= 11 is 5.89. The molecule has 20 heavy (non-hydrogen) atoms. The lowest BCUT2D eigenvalue weighted by molar-refractivity contribution is 0.0936. The van der Waals surface area contributed by atoms with Crippen molar-refractivity contribution in [3.63, 3.8) is 0 Å². The van der Waals surface area contributed by atoms with E-state index in [1.54, 1.807) is 25.1 Å². The summed E-state index contributed by atoms with van der Waals surface area (Å²) in [5.74, 6) is -1.39. The first-order valence-electron chi connectivity index (χ1n) is 6.02. The molecule has 1 unspecified atom stereocenters. The lowest BCUT2D eigenvalue weighted by Gasteiger charge is -2.15. The monoisotopic (exact) mass is 293 g/mol. The molecule has 0 fully saturated rings. The van der Waals surface area contributed by atoms with Gasteiger partial charge in [0.25, 0.3) is 5.91 Å². The second-order valence-electron chi connectivity index (χ2n) is 4.41. The fourth-order valence-electron chi connectivity index (χ4n) is 1.82. The maximum Gasteiger partial charge on any atom is 0.255 e. The van der Waals surface area contributed by atoms with E-state index in [1.807, 2.05) is 6.07 Å². The SMILES string of the molecule is CC(NC(=O)c1cc(F)ccc1O)c1cccc(Cl)c1. The average molecular weight is 294 g/mol. The molecule has 0 aromatic heterocycles. The highest BCUT2D eigenvalue weighted by molar-refractivity contribution is 6.30. The summed E-state index contributed by atoms with van der Waals surface area (Å²) < 4.78 is 13.1. The predicted octanol–water partition coefficient (Wildman–Crippen LogP) is 3.68. The number of rotatable bonds is 3. The zero-order chi connectivity index (χ0) is 14.7. The van der Waals surface area contributed by atoms with Gasteiger partial charge >= 0.3 is 0 Å². The summed E-state index contributed by atoms with van der Waals surface area (Å²) in [6, 6.07) is 9.98. The van der Waals surface area contributed by atoms with Crippen LogP contribution in [0.2, 0.25) is 5.02 Å². The number of phenolic OH excluding ortho intramolecular Hbond substituents is 1. The van der Waals surface area contributed by atoms with Crippen LogP contribution in [-0.2, 0) is 0 Å². The van der Waals surface area contributed by atoms with Crippen molar-refractivity contribution in [2.24, 2.45) is 0 Å². The lowest BCUT2D eigenvalue weighted by Crippen LogP contribution is -2.26. The molecule has 2 N–H and O–H groups in total. The van der Waals surface area contributed by atoms with Gasteiger partial charge in [-0.2, -0.15) is 0 Å². The maximum absolute atomic E-state index is 13.1. The second kappa shape index (κ2) is 5.92. The van der Waals surface area contributed by atoms with Crippen molar-refractivity contribution in [3.8, 4) is 5.75 Å². The fourth-order valence-corrected chi connectivity index (χ4v) is 2.02. The minimum absolute atomic E-state index is 0.0983. The fraction of sp³-hybridized carbons (Fsp3) is 0.133. The van der Waals surface area contributed by atoms with Crippen molar-refractivity contribution in [2.45, 2.75) is 13.0 Å². The van der Waals surface area contributed by atoms with E-state index in [9.17, 15) is 14.3 Å². The van der Waals surface area contributed by atoms with Crippen LogP contribution >= 0.6 is 11.6 Å². The molecule has 0 spiro atoms. The summed E-state index contributed by atoms with van der Waals surface area (Å²) in [6.45, 7) is 1.78. The number of benzene rings is 2. The Morgan fingerprint density at radius 1 is 1.30 bits per heavy atom. The normalized spacial score (nSPS) is 11.9. The van der Waals surface area contributed by atoms with Gasteiger partial charge in [0, 0.05) is 5.02 Å². The summed E-state index contributed by atoms with van der Waals surface area (Å²) in [4.78, 5) is 12.0. The van der Waals surface area contributed by atoms with Crippen LogP contribution in [0.4, 0.5) is 4.39 Å². The molecule has 0 heterocycles. The molecule has 0 bridgehead atoms. The van der Waals surface area contributed by atoms with Crippen molar-refractivity contribution in [1.82, 2.24) is 5.32 Å². The minimum atomic E-state index is -0.580. The Bertz CT molecular complexity index is 646. The van der Waals surface area contributed by atoms with Gasteiger partial charge in [0.2, 0.25) is 0 Å². The van der Waals surface area contributed by atoms with Gasteiger partial charge in [-0.25, -0.2) is 4.39 Å². The van der Waals surface area contributed by atoms with E-state index in [-0.39, 0.29) is 17.4 Å². The van der Waals surface area contributed by atoms with Crippen LogP contribution in [0.15, 0.2) is 42.5 Å². The van der Waals surface area contributed by atoms with E-state index < -0.39 is 11.7 Å². The molecule has 0 saturated heterocycles. The van der Waals surface area contributed by atoms with E-state index in [4.69, 9.17) is 11.6 Å². The highest BCUT2D eigenvalue weighted by Gasteiger charge is 2.15. The number of phenols is 1. The highest BCUT2D eigenvalue weighted by atomic mass is 35.5. The standard InChI is InChI=1S/C15H13ClFNO2/c1-9(10-3-2-4-11(16)7-10)18-15(20)13-8-12(17)5-6-14(13)19/h2-9,19H,1H3,(H,18,20). The van der Waals surface area contributed by atoms with E-state index in [2.05, 4.69) is 5.32 Å². The Balaban J connectivity index is 2.17. The third kappa shape index (κ3) is 3.27. The van der Waals surface area contributed by atoms with Crippen molar-refractivity contribution in [3.05, 3.63) is 64.4 Å². The van der Waals surface area contributed by atoms with Gasteiger partial charge in [0.15, 0.2) is 0 Å². The number of halogens is 2. The molecular formula is C15H13ClFNO2. The number of carbonyl (C=O) groups is 1. The van der Waals surface area contributed by atoms with Crippen LogP contribution < -0.4 is 5.32 Å². The Kier molecular flexibility index (Phi) is 4.25. The van der Waals surface area contributed by atoms with Crippen LogP contribution in [0.25, 0.3) is 0 Å². The van der Waals surface area contributed by atoms with Crippen LogP contribution in [0, 0.1) is 5.82 Å². The molecule has 2 aromatic carbocycles. The van der Waals surface area contributed by atoms with Crippen LogP contribution in [0.3, 0.4) is 0 Å². The Morgan fingerprint density at radius 2 is 2.05 bits per heavy atom. The van der Waals surface area contributed by atoms with Crippen molar-refractivity contribution >= 4 is 17.5 Å². The second-order valence-corrected chi connectivity index (χ2v) is 4.85. The van der Waals surface area contributed by atoms with E-state index in [1.165, 1.54) is 0 Å². The van der Waals surface area contributed by atoms with Crippen LogP contribution in [-0.4, -0.2) is 11.0 Å². The average Bonchev–Trinajstić information content (AvgIpc) is 2.41. The number of nitrogens with one attached hydrogen (secondary N) is 1. The molecular weight excluding hydrogens is 281 g/mol. The molecule has 1 amide bonds. The molecule has 0 saturated carbocycles. The molecule has 0 aliphatic carbocycles. The first-order valence-corrected chi connectivity index (χ1v) is 6.40.